The Morgan fingerprint density at radius 3 is 2.56 bits per heavy atom. The van der Waals surface area contributed by atoms with Gasteiger partial charge in [0.1, 0.15) is 5.75 Å². The maximum absolute atomic E-state index is 12.8. The van der Waals surface area contributed by atoms with Crippen LogP contribution in [0.4, 0.5) is 5.69 Å². The molecule has 0 aliphatic carbocycles. The number of hydrogen-bond donors (Lipinski definition) is 2. The monoisotopic (exact) mass is 482 g/mol. The summed E-state index contributed by atoms with van der Waals surface area (Å²) < 4.78 is 7.94. The maximum Gasteiger partial charge on any atom is 0.303 e. The molecule has 0 spiro atoms. The molecule has 0 saturated heterocycles. The molecular formula is C30H30N2O4. The summed E-state index contributed by atoms with van der Waals surface area (Å²) >= 11 is 0. The molecule has 184 valence electrons. The van der Waals surface area contributed by atoms with Gasteiger partial charge in [-0.3, -0.25) is 9.59 Å². The second-order valence-corrected chi connectivity index (χ2v) is 8.74. The van der Waals surface area contributed by atoms with Crippen molar-refractivity contribution in [2.75, 3.05) is 11.9 Å². The molecule has 0 saturated carbocycles. The third kappa shape index (κ3) is 6.02. The lowest BCUT2D eigenvalue weighted by atomic mass is 10.0. The van der Waals surface area contributed by atoms with Crippen molar-refractivity contribution in [3.8, 4) is 5.75 Å². The van der Waals surface area contributed by atoms with Gasteiger partial charge in [0, 0.05) is 29.6 Å². The smallest absolute Gasteiger partial charge is 0.303 e. The predicted octanol–water partition coefficient (Wildman–Crippen LogP) is 6.54. The first-order valence-electron chi connectivity index (χ1n) is 12.0. The minimum Gasteiger partial charge on any atom is -0.491 e. The Labute approximate surface area is 210 Å². The number of carboxylic acids is 1. The van der Waals surface area contributed by atoms with Gasteiger partial charge in [-0.2, -0.15) is 0 Å². The third-order valence-electron chi connectivity index (χ3n) is 6.16. The molecule has 0 bridgehead atoms. The van der Waals surface area contributed by atoms with Crippen LogP contribution in [0.15, 0.2) is 91.1 Å². The zero-order valence-corrected chi connectivity index (χ0v) is 20.5. The number of ether oxygens (including phenoxy) is 1. The zero-order chi connectivity index (χ0) is 25.5. The second-order valence-electron chi connectivity index (χ2n) is 8.74. The van der Waals surface area contributed by atoms with Crippen molar-refractivity contribution in [2.24, 2.45) is 0 Å². The number of nitrogens with one attached hydrogen (secondary N) is 1. The molecule has 1 amide bonds. The number of anilines is 1. The standard InChI is InChI=1S/C30H30N2O4/c1-21(19-29(33)31-26-11-6-7-12-28(26)36-18-8-13-30(34)35)24-14-15-27-25(20-24)16-17-32(27)22(2)23-9-4-3-5-10-23/h3-7,9-12,14-17,19-20,22H,8,13,18H2,1-2H3,(H,31,33)(H,34,35). The molecular weight excluding hydrogens is 452 g/mol. The highest BCUT2D eigenvalue weighted by molar-refractivity contribution is 6.04. The van der Waals surface area contributed by atoms with Gasteiger partial charge in [-0.25, -0.2) is 0 Å². The van der Waals surface area contributed by atoms with Crippen molar-refractivity contribution in [3.63, 3.8) is 0 Å². The SMILES string of the molecule is CC(=CC(=O)Nc1ccccc1OCCCC(=O)O)c1ccc2c(ccn2C(C)c2ccccc2)c1. The van der Waals surface area contributed by atoms with Crippen LogP contribution in [-0.2, 0) is 9.59 Å². The van der Waals surface area contributed by atoms with Crippen LogP contribution in [-0.4, -0.2) is 28.2 Å². The van der Waals surface area contributed by atoms with E-state index in [9.17, 15) is 9.59 Å². The van der Waals surface area contributed by atoms with Crippen molar-refractivity contribution in [3.05, 3.63) is 102 Å². The Bertz CT molecular complexity index is 1390. The highest BCUT2D eigenvalue weighted by atomic mass is 16.5. The molecule has 6 heteroatoms. The van der Waals surface area contributed by atoms with E-state index in [-0.39, 0.29) is 25.0 Å². The van der Waals surface area contributed by atoms with Crippen LogP contribution in [0, 0.1) is 0 Å². The number of carbonyl (C=O) groups excluding carboxylic acids is 1. The van der Waals surface area contributed by atoms with Crippen LogP contribution in [0.25, 0.3) is 16.5 Å². The lowest BCUT2D eigenvalue weighted by Crippen LogP contribution is -2.11. The topological polar surface area (TPSA) is 80.6 Å². The van der Waals surface area contributed by atoms with Crippen molar-refractivity contribution >= 4 is 34.0 Å². The molecule has 0 radical (unpaired) electrons. The molecule has 1 heterocycles. The first-order valence-corrected chi connectivity index (χ1v) is 12.0. The molecule has 36 heavy (non-hydrogen) atoms. The van der Waals surface area contributed by atoms with Crippen molar-refractivity contribution in [1.82, 2.24) is 4.57 Å². The van der Waals surface area contributed by atoms with Gasteiger partial charge < -0.3 is 19.7 Å². The van der Waals surface area contributed by atoms with E-state index < -0.39 is 5.97 Å². The Morgan fingerprint density at radius 2 is 1.78 bits per heavy atom. The van der Waals surface area contributed by atoms with Gasteiger partial charge in [-0.05, 0) is 67.3 Å². The molecule has 0 fully saturated rings. The van der Waals surface area contributed by atoms with E-state index in [2.05, 4.69) is 65.5 Å². The van der Waals surface area contributed by atoms with E-state index >= 15 is 0 Å². The highest BCUT2D eigenvalue weighted by Gasteiger charge is 2.12. The average molecular weight is 483 g/mol. The lowest BCUT2D eigenvalue weighted by molar-refractivity contribution is -0.137. The summed E-state index contributed by atoms with van der Waals surface area (Å²) in [5.41, 5.74) is 4.75. The van der Waals surface area contributed by atoms with E-state index in [1.165, 1.54) is 5.56 Å². The molecule has 4 aromatic rings. The first-order chi connectivity index (χ1) is 17.4. The summed E-state index contributed by atoms with van der Waals surface area (Å²) in [6.07, 6.45) is 4.11. The summed E-state index contributed by atoms with van der Waals surface area (Å²) in [5, 5.41) is 12.8. The van der Waals surface area contributed by atoms with Crippen LogP contribution in [0.2, 0.25) is 0 Å². The normalized spacial score (nSPS) is 12.3. The summed E-state index contributed by atoms with van der Waals surface area (Å²) in [6.45, 7) is 4.36. The quantitative estimate of drug-likeness (QED) is 0.199. The van der Waals surface area contributed by atoms with Gasteiger partial charge in [0.15, 0.2) is 0 Å². The predicted molar refractivity (Wildman–Crippen MR) is 143 cm³/mol. The average Bonchev–Trinajstić information content (AvgIpc) is 3.30. The van der Waals surface area contributed by atoms with Crippen LogP contribution in [0.1, 0.15) is 43.9 Å². The number of rotatable bonds is 10. The number of aliphatic carboxylic acids is 1. The van der Waals surface area contributed by atoms with Gasteiger partial charge in [-0.15, -0.1) is 0 Å². The maximum atomic E-state index is 12.8. The van der Waals surface area contributed by atoms with Gasteiger partial charge in [-0.1, -0.05) is 48.5 Å². The third-order valence-corrected chi connectivity index (χ3v) is 6.16. The molecule has 0 aliphatic heterocycles. The highest BCUT2D eigenvalue weighted by Crippen LogP contribution is 2.28. The molecule has 1 atom stereocenters. The van der Waals surface area contributed by atoms with E-state index in [0.29, 0.717) is 17.9 Å². The number of allylic oxidation sites excluding steroid dienone is 1. The van der Waals surface area contributed by atoms with Crippen LogP contribution >= 0.6 is 0 Å². The number of para-hydroxylation sites is 2. The largest absolute Gasteiger partial charge is 0.491 e. The Hall–Kier alpha value is -4.32. The Morgan fingerprint density at radius 1 is 1.03 bits per heavy atom. The lowest BCUT2D eigenvalue weighted by Gasteiger charge is -2.16. The number of benzene rings is 3. The fourth-order valence-electron chi connectivity index (χ4n) is 4.19. The number of aromatic nitrogens is 1. The number of fused-ring (bicyclic) bond motifs is 1. The number of amides is 1. The van der Waals surface area contributed by atoms with Crippen molar-refractivity contribution in [1.29, 1.82) is 0 Å². The van der Waals surface area contributed by atoms with Crippen LogP contribution < -0.4 is 10.1 Å². The summed E-state index contributed by atoms with van der Waals surface area (Å²) in [5.74, 6) is -0.608. The molecule has 3 aromatic carbocycles. The zero-order valence-electron chi connectivity index (χ0n) is 20.5. The van der Waals surface area contributed by atoms with Gasteiger partial charge in [0.25, 0.3) is 0 Å². The van der Waals surface area contributed by atoms with Crippen LogP contribution in [0.5, 0.6) is 5.75 Å². The van der Waals surface area contributed by atoms with Gasteiger partial charge in [0.2, 0.25) is 5.91 Å². The van der Waals surface area contributed by atoms with Gasteiger partial charge in [0.05, 0.1) is 18.3 Å². The van der Waals surface area contributed by atoms with E-state index in [1.54, 1.807) is 18.2 Å². The molecule has 1 unspecified atom stereocenters. The van der Waals surface area contributed by atoms with Crippen molar-refractivity contribution < 1.29 is 19.4 Å². The van der Waals surface area contributed by atoms with E-state index in [0.717, 1.165) is 22.0 Å². The fraction of sp³-hybridized carbons (Fsp3) is 0.200. The summed E-state index contributed by atoms with van der Waals surface area (Å²) in [6, 6.07) is 26.1. The number of hydrogen-bond acceptors (Lipinski definition) is 3. The van der Waals surface area contributed by atoms with Gasteiger partial charge >= 0.3 is 5.97 Å². The molecule has 6 nitrogen and oxygen atoms in total. The minimum absolute atomic E-state index is 0.0371. The van der Waals surface area contributed by atoms with E-state index in [1.807, 2.05) is 31.2 Å². The first kappa shape index (κ1) is 24.8. The van der Waals surface area contributed by atoms with Crippen molar-refractivity contribution in [2.45, 2.75) is 32.7 Å². The molecule has 0 aliphatic rings. The molecule has 2 N–H and O–H groups in total. The molecule has 1 aromatic heterocycles. The Balaban J connectivity index is 1.46. The summed E-state index contributed by atoms with van der Waals surface area (Å²) in [4.78, 5) is 23.4. The Kier molecular flexibility index (Phi) is 7.85. The van der Waals surface area contributed by atoms with Crippen LogP contribution in [0.3, 0.4) is 0 Å². The number of carboxylic acid groups (broad SMARTS) is 1. The molecule has 4 rings (SSSR count). The number of nitrogens with zero attached hydrogens (tertiary/aromatic N) is 1. The number of carbonyl (C=O) groups is 2. The summed E-state index contributed by atoms with van der Waals surface area (Å²) in [7, 11) is 0. The minimum atomic E-state index is -0.860. The van der Waals surface area contributed by atoms with E-state index in [4.69, 9.17) is 9.84 Å². The second kappa shape index (κ2) is 11.4. The fourth-order valence-corrected chi connectivity index (χ4v) is 4.19.